The van der Waals surface area contributed by atoms with E-state index < -0.39 is 0 Å². The number of rotatable bonds is 5. The van der Waals surface area contributed by atoms with Crippen molar-refractivity contribution < 1.29 is 0 Å². The highest BCUT2D eigenvalue weighted by atomic mass is 15.0. The Bertz CT molecular complexity index is 494. The number of benzene rings is 1. The molecule has 0 aliphatic rings. The van der Waals surface area contributed by atoms with Gasteiger partial charge in [-0.15, -0.1) is 0 Å². The Hall–Kier alpha value is -1.50. The molecule has 0 amide bonds. The minimum atomic E-state index is 1.04. The SMILES string of the molecule is CCCCn1c(Cc2ccccc2)cc(C)c1C. The second-order valence-electron chi connectivity index (χ2n) is 5.07. The molecular formula is C17H23N. The molecule has 96 valence electrons. The first-order valence-electron chi connectivity index (χ1n) is 6.92. The molecule has 1 heteroatoms. The first-order valence-corrected chi connectivity index (χ1v) is 6.92. The molecule has 1 heterocycles. The number of nitrogens with zero attached hydrogens (tertiary/aromatic N) is 1. The number of unbranched alkanes of at least 4 members (excludes halogenated alkanes) is 1. The van der Waals surface area contributed by atoms with Crippen molar-refractivity contribution in [2.45, 2.75) is 46.6 Å². The third-order valence-electron chi connectivity index (χ3n) is 3.67. The van der Waals surface area contributed by atoms with E-state index in [2.05, 4.69) is 61.7 Å². The van der Waals surface area contributed by atoms with Crippen LogP contribution in [0, 0.1) is 13.8 Å². The molecule has 1 aromatic heterocycles. The zero-order valence-corrected chi connectivity index (χ0v) is 11.7. The van der Waals surface area contributed by atoms with Gasteiger partial charge in [-0.3, -0.25) is 0 Å². The highest BCUT2D eigenvalue weighted by Gasteiger charge is 2.08. The van der Waals surface area contributed by atoms with Crippen molar-refractivity contribution in [3.05, 3.63) is 58.9 Å². The van der Waals surface area contributed by atoms with Crippen LogP contribution in [0.15, 0.2) is 36.4 Å². The molecule has 0 aliphatic heterocycles. The van der Waals surface area contributed by atoms with Crippen LogP contribution in [0.4, 0.5) is 0 Å². The second kappa shape index (κ2) is 5.90. The van der Waals surface area contributed by atoms with Crippen molar-refractivity contribution in [2.24, 2.45) is 0 Å². The van der Waals surface area contributed by atoms with Crippen LogP contribution in [0.5, 0.6) is 0 Å². The van der Waals surface area contributed by atoms with Gasteiger partial charge in [0.15, 0.2) is 0 Å². The summed E-state index contributed by atoms with van der Waals surface area (Å²) in [6, 6.07) is 13.1. The maximum atomic E-state index is 2.49. The van der Waals surface area contributed by atoms with Crippen molar-refractivity contribution in [1.29, 1.82) is 0 Å². The van der Waals surface area contributed by atoms with Gasteiger partial charge in [0.05, 0.1) is 0 Å². The zero-order valence-electron chi connectivity index (χ0n) is 11.7. The molecule has 0 saturated heterocycles. The van der Waals surface area contributed by atoms with E-state index in [1.807, 2.05) is 0 Å². The fraction of sp³-hybridized carbons (Fsp3) is 0.412. The van der Waals surface area contributed by atoms with Crippen LogP contribution < -0.4 is 0 Å². The van der Waals surface area contributed by atoms with Crippen molar-refractivity contribution >= 4 is 0 Å². The Balaban J connectivity index is 2.24. The monoisotopic (exact) mass is 241 g/mol. The van der Waals surface area contributed by atoms with E-state index in [1.54, 1.807) is 0 Å². The average Bonchev–Trinajstić information content (AvgIpc) is 2.64. The maximum absolute atomic E-state index is 2.49. The Morgan fingerprint density at radius 3 is 2.44 bits per heavy atom. The maximum Gasteiger partial charge on any atom is 0.0224 e. The highest BCUT2D eigenvalue weighted by Crippen LogP contribution is 2.18. The predicted octanol–water partition coefficient (Wildman–Crippen LogP) is 4.50. The van der Waals surface area contributed by atoms with E-state index in [9.17, 15) is 0 Å². The molecule has 0 bridgehead atoms. The van der Waals surface area contributed by atoms with Gasteiger partial charge in [-0.1, -0.05) is 43.7 Å². The Labute approximate surface area is 110 Å². The molecule has 0 atom stereocenters. The predicted molar refractivity (Wildman–Crippen MR) is 78.1 cm³/mol. The molecule has 0 aliphatic carbocycles. The molecule has 1 aromatic carbocycles. The zero-order chi connectivity index (χ0) is 13.0. The summed E-state index contributed by atoms with van der Waals surface area (Å²) in [5.74, 6) is 0. The van der Waals surface area contributed by atoms with E-state index in [4.69, 9.17) is 0 Å². The lowest BCUT2D eigenvalue weighted by atomic mass is 10.1. The quantitative estimate of drug-likeness (QED) is 0.726. The molecule has 0 N–H and O–H groups in total. The summed E-state index contributed by atoms with van der Waals surface area (Å²) in [5, 5.41) is 0. The number of hydrogen-bond donors (Lipinski definition) is 0. The summed E-state index contributed by atoms with van der Waals surface area (Å²) >= 11 is 0. The Morgan fingerprint density at radius 2 is 1.78 bits per heavy atom. The summed E-state index contributed by atoms with van der Waals surface area (Å²) in [6.07, 6.45) is 3.55. The Kier molecular flexibility index (Phi) is 4.24. The van der Waals surface area contributed by atoms with Gasteiger partial charge in [0.2, 0.25) is 0 Å². The molecule has 2 aromatic rings. The topological polar surface area (TPSA) is 4.93 Å². The molecule has 0 spiro atoms. The summed E-state index contributed by atoms with van der Waals surface area (Å²) in [4.78, 5) is 0. The van der Waals surface area contributed by atoms with Gasteiger partial charge in [-0.2, -0.15) is 0 Å². The van der Waals surface area contributed by atoms with E-state index in [0.29, 0.717) is 0 Å². The largest absolute Gasteiger partial charge is 0.348 e. The number of aromatic nitrogens is 1. The van der Waals surface area contributed by atoms with E-state index in [-0.39, 0.29) is 0 Å². The van der Waals surface area contributed by atoms with Crippen LogP contribution in [0.3, 0.4) is 0 Å². The molecule has 1 nitrogen and oxygen atoms in total. The third kappa shape index (κ3) is 2.84. The summed E-state index contributed by atoms with van der Waals surface area (Å²) in [7, 11) is 0. The van der Waals surface area contributed by atoms with Crippen molar-refractivity contribution in [3.8, 4) is 0 Å². The molecule has 0 unspecified atom stereocenters. The number of hydrogen-bond acceptors (Lipinski definition) is 0. The van der Waals surface area contributed by atoms with Crippen LogP contribution in [0.1, 0.15) is 42.3 Å². The second-order valence-corrected chi connectivity index (χ2v) is 5.07. The highest BCUT2D eigenvalue weighted by molar-refractivity contribution is 5.30. The standard InChI is InChI=1S/C17H23N/c1-4-5-11-18-15(3)14(2)12-17(18)13-16-9-7-6-8-10-16/h6-10,12H,4-5,11,13H2,1-3H3. The molecule has 2 rings (SSSR count). The lowest BCUT2D eigenvalue weighted by molar-refractivity contribution is 0.602. The average molecular weight is 241 g/mol. The normalized spacial score (nSPS) is 10.8. The summed E-state index contributed by atoms with van der Waals surface area (Å²) < 4.78 is 2.49. The van der Waals surface area contributed by atoms with E-state index in [0.717, 1.165) is 13.0 Å². The van der Waals surface area contributed by atoms with Gasteiger partial charge >= 0.3 is 0 Å². The summed E-state index contributed by atoms with van der Waals surface area (Å²) in [5.41, 5.74) is 5.68. The molecule has 0 radical (unpaired) electrons. The molecule has 18 heavy (non-hydrogen) atoms. The minimum Gasteiger partial charge on any atom is -0.348 e. The van der Waals surface area contributed by atoms with Gasteiger partial charge in [0.1, 0.15) is 0 Å². The van der Waals surface area contributed by atoms with Crippen molar-refractivity contribution in [2.75, 3.05) is 0 Å². The van der Waals surface area contributed by atoms with Crippen LogP contribution in [0.25, 0.3) is 0 Å². The van der Waals surface area contributed by atoms with Crippen LogP contribution in [-0.2, 0) is 13.0 Å². The van der Waals surface area contributed by atoms with Gasteiger partial charge in [-0.25, -0.2) is 0 Å². The van der Waals surface area contributed by atoms with E-state index >= 15 is 0 Å². The lowest BCUT2D eigenvalue weighted by Crippen LogP contribution is -2.05. The molecular weight excluding hydrogens is 218 g/mol. The third-order valence-corrected chi connectivity index (χ3v) is 3.67. The first kappa shape index (κ1) is 12.9. The van der Waals surface area contributed by atoms with Crippen LogP contribution in [0.2, 0.25) is 0 Å². The van der Waals surface area contributed by atoms with Gasteiger partial charge < -0.3 is 4.57 Å². The van der Waals surface area contributed by atoms with Crippen molar-refractivity contribution in [3.63, 3.8) is 0 Å². The lowest BCUT2D eigenvalue weighted by Gasteiger charge is -2.11. The van der Waals surface area contributed by atoms with Gasteiger partial charge in [-0.05, 0) is 37.5 Å². The fourth-order valence-corrected chi connectivity index (χ4v) is 2.44. The smallest absolute Gasteiger partial charge is 0.0224 e. The minimum absolute atomic E-state index is 1.04. The van der Waals surface area contributed by atoms with Gasteiger partial charge in [0.25, 0.3) is 0 Å². The summed E-state index contributed by atoms with van der Waals surface area (Å²) in [6.45, 7) is 7.85. The fourth-order valence-electron chi connectivity index (χ4n) is 2.44. The van der Waals surface area contributed by atoms with Crippen LogP contribution in [-0.4, -0.2) is 4.57 Å². The first-order chi connectivity index (χ1) is 8.72. The van der Waals surface area contributed by atoms with Crippen molar-refractivity contribution in [1.82, 2.24) is 4.57 Å². The van der Waals surface area contributed by atoms with E-state index in [1.165, 1.54) is 35.4 Å². The Morgan fingerprint density at radius 1 is 1.06 bits per heavy atom. The van der Waals surface area contributed by atoms with Gasteiger partial charge in [0, 0.05) is 24.4 Å². The number of aryl methyl sites for hydroxylation is 1. The van der Waals surface area contributed by atoms with Crippen LogP contribution >= 0.6 is 0 Å². The molecule has 0 fully saturated rings. The molecule has 0 saturated carbocycles.